The lowest BCUT2D eigenvalue weighted by atomic mass is 10.1. The minimum Gasteiger partial charge on any atom is -0.363 e. The zero-order valence-electron chi connectivity index (χ0n) is 10.4. The van der Waals surface area contributed by atoms with E-state index in [1.165, 1.54) is 5.56 Å². The van der Waals surface area contributed by atoms with Gasteiger partial charge in [0, 0.05) is 12.1 Å². The quantitative estimate of drug-likeness (QED) is 0.893. The number of nitriles is 1. The summed E-state index contributed by atoms with van der Waals surface area (Å²) in [6, 6.07) is 13.9. The van der Waals surface area contributed by atoms with Gasteiger partial charge in [-0.2, -0.15) is 5.26 Å². The fourth-order valence-corrected chi connectivity index (χ4v) is 1.75. The van der Waals surface area contributed by atoms with Crippen LogP contribution in [0.3, 0.4) is 0 Å². The molecule has 0 aliphatic heterocycles. The Bertz CT molecular complexity index is 572. The van der Waals surface area contributed by atoms with Crippen LogP contribution in [0.15, 0.2) is 36.4 Å². The van der Waals surface area contributed by atoms with Crippen LogP contribution in [-0.4, -0.2) is 9.97 Å². The summed E-state index contributed by atoms with van der Waals surface area (Å²) in [6.45, 7) is 3.83. The summed E-state index contributed by atoms with van der Waals surface area (Å²) in [5, 5.41) is 12.1. The van der Waals surface area contributed by atoms with E-state index < -0.39 is 0 Å². The van der Waals surface area contributed by atoms with E-state index >= 15 is 0 Å². The van der Waals surface area contributed by atoms with Crippen molar-refractivity contribution in [3.05, 3.63) is 53.5 Å². The van der Waals surface area contributed by atoms with E-state index in [0.717, 1.165) is 0 Å². The Morgan fingerprint density at radius 3 is 2.61 bits per heavy atom. The third-order valence-corrected chi connectivity index (χ3v) is 2.62. The minimum absolute atomic E-state index is 0.132. The molecule has 0 radical (unpaired) electrons. The Labute approximate surface area is 106 Å². The number of nitrogens with one attached hydrogen (secondary N) is 1. The molecule has 1 aromatic carbocycles. The molecular weight excluding hydrogens is 224 g/mol. The monoisotopic (exact) mass is 238 g/mol. The largest absolute Gasteiger partial charge is 0.363 e. The van der Waals surface area contributed by atoms with Crippen molar-refractivity contribution in [3.8, 4) is 6.07 Å². The molecule has 2 rings (SSSR count). The SMILES string of the molecule is Cc1nc(C#N)cc(NC(C)c2ccccc2)n1. The highest BCUT2D eigenvalue weighted by atomic mass is 15.0. The molecule has 0 saturated carbocycles. The second-order valence-electron chi connectivity index (χ2n) is 4.07. The van der Waals surface area contributed by atoms with E-state index in [-0.39, 0.29) is 6.04 Å². The van der Waals surface area contributed by atoms with Crippen molar-refractivity contribution in [1.82, 2.24) is 9.97 Å². The van der Waals surface area contributed by atoms with Crippen LogP contribution in [0.1, 0.15) is 30.0 Å². The molecule has 18 heavy (non-hydrogen) atoms. The van der Waals surface area contributed by atoms with Crippen molar-refractivity contribution < 1.29 is 0 Å². The average Bonchev–Trinajstić information content (AvgIpc) is 2.39. The normalized spacial score (nSPS) is 11.6. The number of nitrogens with zero attached hydrogens (tertiary/aromatic N) is 3. The van der Waals surface area contributed by atoms with Crippen LogP contribution in [0.5, 0.6) is 0 Å². The second-order valence-corrected chi connectivity index (χ2v) is 4.07. The summed E-state index contributed by atoms with van der Waals surface area (Å²) in [5.74, 6) is 1.27. The van der Waals surface area contributed by atoms with Crippen LogP contribution in [0, 0.1) is 18.3 Å². The zero-order valence-corrected chi connectivity index (χ0v) is 10.4. The number of anilines is 1. The standard InChI is InChI=1S/C14H14N4/c1-10(12-6-4-3-5-7-12)16-14-8-13(9-15)17-11(2)18-14/h3-8,10H,1-2H3,(H,16,17,18). The van der Waals surface area contributed by atoms with Gasteiger partial charge < -0.3 is 5.32 Å². The van der Waals surface area contributed by atoms with Crippen molar-refractivity contribution >= 4 is 5.82 Å². The summed E-state index contributed by atoms with van der Waals surface area (Å²) >= 11 is 0. The molecule has 0 bridgehead atoms. The second kappa shape index (κ2) is 5.28. The molecule has 0 saturated heterocycles. The van der Waals surface area contributed by atoms with Gasteiger partial charge in [-0.15, -0.1) is 0 Å². The van der Waals surface area contributed by atoms with Gasteiger partial charge >= 0.3 is 0 Å². The van der Waals surface area contributed by atoms with E-state index in [4.69, 9.17) is 5.26 Å². The summed E-state index contributed by atoms with van der Waals surface area (Å²) in [6.07, 6.45) is 0. The molecule has 1 unspecified atom stereocenters. The maximum atomic E-state index is 8.87. The fraction of sp³-hybridized carbons (Fsp3) is 0.214. The van der Waals surface area contributed by atoms with Gasteiger partial charge in [-0.3, -0.25) is 0 Å². The molecule has 1 atom stereocenters. The van der Waals surface area contributed by atoms with Crippen molar-refractivity contribution in [2.45, 2.75) is 19.9 Å². The first kappa shape index (κ1) is 12.1. The maximum Gasteiger partial charge on any atom is 0.146 e. The predicted octanol–water partition coefficient (Wildman–Crippen LogP) is 2.83. The summed E-state index contributed by atoms with van der Waals surface area (Å²) in [5.41, 5.74) is 1.55. The van der Waals surface area contributed by atoms with Crippen molar-refractivity contribution in [3.63, 3.8) is 0 Å². The molecule has 4 nitrogen and oxygen atoms in total. The molecule has 1 N–H and O–H groups in total. The first-order valence-electron chi connectivity index (χ1n) is 5.76. The molecule has 0 aliphatic carbocycles. The van der Waals surface area contributed by atoms with E-state index in [0.29, 0.717) is 17.3 Å². The van der Waals surface area contributed by atoms with Gasteiger partial charge in [0.2, 0.25) is 0 Å². The molecule has 2 aromatic rings. The summed E-state index contributed by atoms with van der Waals surface area (Å²) in [4.78, 5) is 8.29. The molecular formula is C14H14N4. The van der Waals surface area contributed by atoms with Crippen LogP contribution in [0.4, 0.5) is 5.82 Å². The number of aromatic nitrogens is 2. The van der Waals surface area contributed by atoms with E-state index in [9.17, 15) is 0 Å². The lowest BCUT2D eigenvalue weighted by Gasteiger charge is -2.15. The number of rotatable bonds is 3. The number of aryl methyl sites for hydroxylation is 1. The van der Waals surface area contributed by atoms with E-state index in [1.807, 2.05) is 24.3 Å². The highest BCUT2D eigenvalue weighted by molar-refractivity contribution is 5.42. The van der Waals surface area contributed by atoms with E-state index in [2.05, 4.69) is 34.3 Å². The lowest BCUT2D eigenvalue weighted by Crippen LogP contribution is -2.09. The average molecular weight is 238 g/mol. The first-order valence-corrected chi connectivity index (χ1v) is 5.76. The third kappa shape index (κ3) is 2.83. The fourth-order valence-electron chi connectivity index (χ4n) is 1.75. The van der Waals surface area contributed by atoms with Gasteiger partial charge in [-0.05, 0) is 19.4 Å². The molecule has 1 aromatic heterocycles. The van der Waals surface area contributed by atoms with Gasteiger partial charge in [0.05, 0.1) is 0 Å². The van der Waals surface area contributed by atoms with Crippen LogP contribution < -0.4 is 5.32 Å². The van der Waals surface area contributed by atoms with Gasteiger partial charge in [-0.25, -0.2) is 9.97 Å². The number of benzene rings is 1. The van der Waals surface area contributed by atoms with Crippen LogP contribution in [-0.2, 0) is 0 Å². The Morgan fingerprint density at radius 2 is 1.94 bits per heavy atom. The van der Waals surface area contributed by atoms with Crippen LogP contribution >= 0.6 is 0 Å². The molecule has 1 heterocycles. The molecule has 0 spiro atoms. The van der Waals surface area contributed by atoms with Gasteiger partial charge in [0.1, 0.15) is 23.4 Å². The lowest BCUT2D eigenvalue weighted by molar-refractivity contribution is 0.866. The number of hydrogen-bond acceptors (Lipinski definition) is 4. The van der Waals surface area contributed by atoms with Gasteiger partial charge in [-0.1, -0.05) is 30.3 Å². The highest BCUT2D eigenvalue weighted by Crippen LogP contribution is 2.17. The van der Waals surface area contributed by atoms with Gasteiger partial charge in [0.15, 0.2) is 0 Å². The molecule has 0 aliphatic rings. The molecule has 0 amide bonds. The van der Waals surface area contributed by atoms with Crippen molar-refractivity contribution in [2.75, 3.05) is 5.32 Å². The molecule has 4 heteroatoms. The maximum absolute atomic E-state index is 8.87. The zero-order chi connectivity index (χ0) is 13.0. The molecule has 0 fully saturated rings. The van der Waals surface area contributed by atoms with E-state index in [1.54, 1.807) is 13.0 Å². The highest BCUT2D eigenvalue weighted by Gasteiger charge is 2.07. The summed E-state index contributed by atoms with van der Waals surface area (Å²) < 4.78 is 0. The van der Waals surface area contributed by atoms with Crippen molar-refractivity contribution in [2.24, 2.45) is 0 Å². The van der Waals surface area contributed by atoms with Crippen LogP contribution in [0.25, 0.3) is 0 Å². The Balaban J connectivity index is 2.20. The minimum atomic E-state index is 0.132. The number of hydrogen-bond donors (Lipinski definition) is 1. The molecule has 90 valence electrons. The van der Waals surface area contributed by atoms with Gasteiger partial charge in [0.25, 0.3) is 0 Å². The van der Waals surface area contributed by atoms with Crippen molar-refractivity contribution in [1.29, 1.82) is 5.26 Å². The van der Waals surface area contributed by atoms with Crippen LogP contribution in [0.2, 0.25) is 0 Å². The first-order chi connectivity index (χ1) is 8.69. The topological polar surface area (TPSA) is 61.6 Å². The third-order valence-electron chi connectivity index (χ3n) is 2.62. The Kier molecular flexibility index (Phi) is 3.54. The smallest absolute Gasteiger partial charge is 0.146 e. The Hall–Kier alpha value is -2.41. The predicted molar refractivity (Wildman–Crippen MR) is 70.0 cm³/mol. The summed E-state index contributed by atoms with van der Waals surface area (Å²) in [7, 11) is 0. The Morgan fingerprint density at radius 1 is 1.22 bits per heavy atom.